The van der Waals surface area contributed by atoms with Crippen molar-refractivity contribution in [2.24, 2.45) is 0 Å². The van der Waals surface area contributed by atoms with E-state index in [9.17, 15) is 8.78 Å². The average molecular weight is 241 g/mol. The van der Waals surface area contributed by atoms with Gasteiger partial charge in [-0.25, -0.2) is 8.78 Å². The predicted octanol–water partition coefficient (Wildman–Crippen LogP) is 2.76. The van der Waals surface area contributed by atoms with Gasteiger partial charge < -0.3 is 10.1 Å². The van der Waals surface area contributed by atoms with Crippen LogP contribution in [0.4, 0.5) is 8.78 Å². The fourth-order valence-electron chi connectivity index (χ4n) is 1.69. The molecular formula is C13H17F2NO. The quantitative estimate of drug-likeness (QED) is 0.792. The molecule has 1 N–H and O–H groups in total. The van der Waals surface area contributed by atoms with Gasteiger partial charge in [-0.1, -0.05) is 30.3 Å². The van der Waals surface area contributed by atoms with E-state index in [1.165, 1.54) is 12.8 Å². The van der Waals surface area contributed by atoms with Gasteiger partial charge in [0.1, 0.15) is 6.61 Å². The minimum absolute atomic E-state index is 0.286. The molecule has 94 valence electrons. The SMILES string of the molecule is FC(F)COC(CNC1CC1)c1ccccc1. The molecule has 2 rings (SSSR count). The molecular weight excluding hydrogens is 224 g/mol. The van der Waals surface area contributed by atoms with E-state index >= 15 is 0 Å². The van der Waals surface area contributed by atoms with Crippen molar-refractivity contribution < 1.29 is 13.5 Å². The van der Waals surface area contributed by atoms with Crippen molar-refractivity contribution >= 4 is 0 Å². The maximum Gasteiger partial charge on any atom is 0.261 e. The van der Waals surface area contributed by atoms with Gasteiger partial charge in [-0.3, -0.25) is 0 Å². The highest BCUT2D eigenvalue weighted by atomic mass is 19.3. The largest absolute Gasteiger partial charge is 0.366 e. The molecule has 1 aromatic rings. The molecule has 4 heteroatoms. The summed E-state index contributed by atoms with van der Waals surface area (Å²) in [5.41, 5.74) is 0.946. The third kappa shape index (κ3) is 4.40. The van der Waals surface area contributed by atoms with E-state index in [-0.39, 0.29) is 6.10 Å². The van der Waals surface area contributed by atoms with E-state index in [0.717, 1.165) is 5.56 Å². The van der Waals surface area contributed by atoms with E-state index < -0.39 is 13.0 Å². The van der Waals surface area contributed by atoms with Gasteiger partial charge in [-0.2, -0.15) is 0 Å². The van der Waals surface area contributed by atoms with E-state index in [1.54, 1.807) is 0 Å². The van der Waals surface area contributed by atoms with Crippen LogP contribution in [-0.4, -0.2) is 25.6 Å². The molecule has 0 spiro atoms. The fraction of sp³-hybridized carbons (Fsp3) is 0.538. The minimum Gasteiger partial charge on any atom is -0.366 e. The van der Waals surface area contributed by atoms with Crippen LogP contribution in [0.1, 0.15) is 24.5 Å². The highest BCUT2D eigenvalue weighted by molar-refractivity contribution is 5.18. The summed E-state index contributed by atoms with van der Waals surface area (Å²) < 4.78 is 29.6. The number of hydrogen-bond acceptors (Lipinski definition) is 2. The Kier molecular flexibility index (Phi) is 4.45. The van der Waals surface area contributed by atoms with E-state index in [2.05, 4.69) is 5.32 Å². The lowest BCUT2D eigenvalue weighted by Crippen LogP contribution is -2.26. The number of nitrogens with one attached hydrogen (secondary N) is 1. The Morgan fingerprint density at radius 1 is 1.24 bits per heavy atom. The molecule has 0 amide bonds. The Bertz CT molecular complexity index is 321. The van der Waals surface area contributed by atoms with Crippen LogP contribution in [0, 0.1) is 0 Å². The molecule has 0 saturated heterocycles. The maximum absolute atomic E-state index is 12.2. The normalized spacial score (nSPS) is 17.4. The van der Waals surface area contributed by atoms with Crippen molar-refractivity contribution in [3.05, 3.63) is 35.9 Å². The van der Waals surface area contributed by atoms with Gasteiger partial charge in [-0.05, 0) is 18.4 Å². The first-order valence-corrected chi connectivity index (χ1v) is 5.94. The van der Waals surface area contributed by atoms with E-state index in [1.807, 2.05) is 30.3 Å². The molecule has 17 heavy (non-hydrogen) atoms. The summed E-state index contributed by atoms with van der Waals surface area (Å²) >= 11 is 0. The Labute approximate surface area is 100.0 Å². The lowest BCUT2D eigenvalue weighted by Gasteiger charge is -2.18. The number of halogens is 2. The molecule has 1 atom stereocenters. The van der Waals surface area contributed by atoms with Crippen molar-refractivity contribution in [3.8, 4) is 0 Å². The van der Waals surface area contributed by atoms with Crippen LogP contribution < -0.4 is 5.32 Å². The Morgan fingerprint density at radius 2 is 1.94 bits per heavy atom. The van der Waals surface area contributed by atoms with E-state index in [4.69, 9.17) is 4.74 Å². The molecule has 1 saturated carbocycles. The summed E-state index contributed by atoms with van der Waals surface area (Å²) in [6.07, 6.45) is -0.347. The number of hydrogen-bond donors (Lipinski definition) is 1. The Hall–Kier alpha value is -1.00. The predicted molar refractivity (Wildman–Crippen MR) is 62.2 cm³/mol. The first kappa shape index (κ1) is 12.5. The summed E-state index contributed by atoms with van der Waals surface area (Å²) in [5.74, 6) is 0. The van der Waals surface area contributed by atoms with Gasteiger partial charge >= 0.3 is 0 Å². The fourth-order valence-corrected chi connectivity index (χ4v) is 1.69. The number of ether oxygens (including phenoxy) is 1. The van der Waals surface area contributed by atoms with Crippen LogP contribution in [-0.2, 0) is 4.74 Å². The average Bonchev–Trinajstić information content (AvgIpc) is 3.14. The second-order valence-electron chi connectivity index (χ2n) is 4.31. The molecule has 1 aliphatic rings. The third-order valence-corrected chi connectivity index (χ3v) is 2.76. The minimum atomic E-state index is -2.41. The summed E-state index contributed by atoms with van der Waals surface area (Å²) in [5, 5.41) is 3.31. The van der Waals surface area contributed by atoms with Gasteiger partial charge in [-0.15, -0.1) is 0 Å². The monoisotopic (exact) mass is 241 g/mol. The number of alkyl halides is 2. The van der Waals surface area contributed by atoms with Crippen LogP contribution in [0.2, 0.25) is 0 Å². The molecule has 0 radical (unpaired) electrons. The lowest BCUT2D eigenvalue weighted by atomic mass is 10.1. The van der Waals surface area contributed by atoms with Crippen molar-refractivity contribution in [1.29, 1.82) is 0 Å². The molecule has 1 fully saturated rings. The molecule has 0 bridgehead atoms. The highest BCUT2D eigenvalue weighted by Crippen LogP contribution is 2.22. The van der Waals surface area contributed by atoms with Crippen LogP contribution in [0.3, 0.4) is 0 Å². The van der Waals surface area contributed by atoms with Crippen molar-refractivity contribution in [2.45, 2.75) is 31.4 Å². The summed E-state index contributed by atoms with van der Waals surface area (Å²) in [7, 11) is 0. The molecule has 0 aliphatic heterocycles. The first-order valence-electron chi connectivity index (χ1n) is 5.94. The molecule has 0 heterocycles. The van der Waals surface area contributed by atoms with Crippen molar-refractivity contribution in [3.63, 3.8) is 0 Å². The second kappa shape index (κ2) is 6.07. The molecule has 1 unspecified atom stereocenters. The van der Waals surface area contributed by atoms with Crippen molar-refractivity contribution in [1.82, 2.24) is 5.32 Å². The molecule has 1 aromatic carbocycles. The Morgan fingerprint density at radius 3 is 2.53 bits per heavy atom. The van der Waals surface area contributed by atoms with Gasteiger partial charge in [0, 0.05) is 12.6 Å². The van der Waals surface area contributed by atoms with Crippen LogP contribution in [0.15, 0.2) is 30.3 Å². The van der Waals surface area contributed by atoms with Gasteiger partial charge in [0.2, 0.25) is 0 Å². The summed E-state index contributed by atoms with van der Waals surface area (Å²) in [4.78, 5) is 0. The van der Waals surface area contributed by atoms with Crippen LogP contribution in [0.5, 0.6) is 0 Å². The molecule has 2 nitrogen and oxygen atoms in total. The van der Waals surface area contributed by atoms with Crippen LogP contribution >= 0.6 is 0 Å². The van der Waals surface area contributed by atoms with Gasteiger partial charge in [0.05, 0.1) is 6.10 Å². The summed E-state index contributed by atoms with van der Waals surface area (Å²) in [6.45, 7) is 0.0906. The lowest BCUT2D eigenvalue weighted by molar-refractivity contribution is -0.0247. The zero-order chi connectivity index (χ0) is 12.1. The van der Waals surface area contributed by atoms with Crippen LogP contribution in [0.25, 0.3) is 0 Å². The van der Waals surface area contributed by atoms with Crippen molar-refractivity contribution in [2.75, 3.05) is 13.2 Å². The zero-order valence-electron chi connectivity index (χ0n) is 9.61. The molecule has 0 aromatic heterocycles. The Balaban J connectivity index is 1.90. The standard InChI is InChI=1S/C13H17F2NO/c14-13(15)9-17-12(8-16-11-6-7-11)10-4-2-1-3-5-10/h1-5,11-13,16H,6-9H2. The number of rotatable bonds is 7. The topological polar surface area (TPSA) is 21.3 Å². The highest BCUT2D eigenvalue weighted by Gasteiger charge is 2.23. The molecule has 1 aliphatic carbocycles. The third-order valence-electron chi connectivity index (χ3n) is 2.76. The first-order chi connectivity index (χ1) is 8.25. The van der Waals surface area contributed by atoms with Gasteiger partial charge in [0.15, 0.2) is 0 Å². The van der Waals surface area contributed by atoms with Gasteiger partial charge in [0.25, 0.3) is 6.43 Å². The maximum atomic E-state index is 12.2. The van der Waals surface area contributed by atoms with E-state index in [0.29, 0.717) is 12.6 Å². The second-order valence-corrected chi connectivity index (χ2v) is 4.31. The summed E-state index contributed by atoms with van der Waals surface area (Å²) in [6, 6.07) is 10.1. The smallest absolute Gasteiger partial charge is 0.261 e. The number of benzene rings is 1. The zero-order valence-corrected chi connectivity index (χ0v) is 9.61.